The van der Waals surface area contributed by atoms with Crippen LogP contribution in [-0.4, -0.2) is 43.9 Å². The van der Waals surface area contributed by atoms with E-state index in [1.807, 2.05) is 24.3 Å². The Hall–Kier alpha value is -5.48. The minimum absolute atomic E-state index is 0.670. The average Bonchev–Trinajstić information content (AvgIpc) is 3.06. The fourth-order valence-corrected chi connectivity index (χ4v) is 7.97. The first-order chi connectivity index (χ1) is 21.9. The topological polar surface area (TPSA) is 105 Å². The summed E-state index contributed by atoms with van der Waals surface area (Å²) >= 11 is -6.21. The zero-order valence-electron chi connectivity index (χ0n) is 23.9. The average molecular weight is 707 g/mol. The summed E-state index contributed by atoms with van der Waals surface area (Å²) in [7, 11) is 0. The van der Waals surface area contributed by atoms with Crippen LogP contribution in [0.5, 0.6) is 0 Å². The van der Waals surface area contributed by atoms with Crippen molar-refractivity contribution in [2.75, 3.05) is 0 Å². The third kappa shape index (κ3) is 11.6. The number of carbonyl (C=O) groups excluding carboxylic acids is 4. The first-order valence-electron chi connectivity index (χ1n) is 13.7. The van der Waals surface area contributed by atoms with Crippen molar-refractivity contribution in [1.82, 2.24) is 0 Å². The number of benzene rings is 4. The molecule has 0 atom stereocenters. The molecule has 224 valence electrons. The van der Waals surface area contributed by atoms with Crippen LogP contribution in [0.3, 0.4) is 0 Å². The molecule has 4 aromatic rings. The fourth-order valence-electron chi connectivity index (χ4n) is 3.67. The van der Waals surface area contributed by atoms with Crippen LogP contribution in [0.2, 0.25) is 0 Å². The monoisotopic (exact) mass is 708 g/mol. The van der Waals surface area contributed by atoms with Gasteiger partial charge in [0.2, 0.25) is 0 Å². The molecule has 0 bridgehead atoms. The van der Waals surface area contributed by atoms with Gasteiger partial charge < -0.3 is 0 Å². The van der Waals surface area contributed by atoms with Crippen LogP contribution in [0.1, 0.15) is 22.3 Å². The molecule has 9 heteroatoms. The van der Waals surface area contributed by atoms with Crippen molar-refractivity contribution in [3.63, 3.8) is 0 Å². The van der Waals surface area contributed by atoms with Gasteiger partial charge in [0.15, 0.2) is 0 Å². The van der Waals surface area contributed by atoms with Crippen molar-refractivity contribution in [1.29, 1.82) is 0 Å². The van der Waals surface area contributed by atoms with Crippen LogP contribution in [0, 0.1) is 0 Å². The quantitative estimate of drug-likeness (QED) is 0.122. The van der Waals surface area contributed by atoms with Gasteiger partial charge in [0.1, 0.15) is 0 Å². The van der Waals surface area contributed by atoms with Crippen molar-refractivity contribution in [3.05, 3.63) is 168 Å². The Balaban J connectivity index is 1.65. The molecule has 0 amide bonds. The Morgan fingerprint density at radius 2 is 0.556 bits per heavy atom. The molecule has 8 nitrogen and oxygen atoms in total. The van der Waals surface area contributed by atoms with E-state index in [1.165, 1.54) is 24.3 Å². The van der Waals surface area contributed by atoms with Crippen molar-refractivity contribution in [3.8, 4) is 0 Å². The van der Waals surface area contributed by atoms with E-state index in [2.05, 4.69) is 0 Å². The summed E-state index contributed by atoms with van der Waals surface area (Å²) in [6, 6.07) is 35.4. The van der Waals surface area contributed by atoms with Crippen LogP contribution in [-0.2, 0) is 31.5 Å². The SMILES string of the molecule is O=C(C=Cc1ccccc1)[O][Sn]([O]C(=O)C=Cc1ccccc1)([O]C(=O)C=Cc1ccccc1)[O]C(=O)C=Cc1ccccc1. The van der Waals surface area contributed by atoms with Crippen molar-refractivity contribution in [2.45, 2.75) is 0 Å². The summed E-state index contributed by atoms with van der Waals surface area (Å²) in [5.41, 5.74) is 2.68. The zero-order chi connectivity index (χ0) is 31.7. The molecule has 0 aliphatic carbocycles. The second kappa shape index (κ2) is 17.0. The minimum atomic E-state index is -6.21. The van der Waals surface area contributed by atoms with Crippen molar-refractivity contribution < 1.29 is 31.5 Å². The maximum absolute atomic E-state index is 13.0. The first kappa shape index (κ1) is 32.4. The van der Waals surface area contributed by atoms with E-state index in [-0.39, 0.29) is 0 Å². The van der Waals surface area contributed by atoms with E-state index < -0.39 is 43.9 Å². The number of hydrogen-bond donors (Lipinski definition) is 0. The predicted octanol–water partition coefficient (Wildman–Crippen LogP) is 6.45. The van der Waals surface area contributed by atoms with Crippen LogP contribution in [0.4, 0.5) is 0 Å². The van der Waals surface area contributed by atoms with Gasteiger partial charge in [-0.15, -0.1) is 0 Å². The molecule has 0 aliphatic rings. The zero-order valence-corrected chi connectivity index (χ0v) is 26.8. The third-order valence-electron chi connectivity index (χ3n) is 5.75. The normalized spacial score (nSPS) is 12.6. The van der Waals surface area contributed by atoms with E-state index in [0.29, 0.717) is 22.3 Å². The van der Waals surface area contributed by atoms with Gasteiger partial charge in [0, 0.05) is 0 Å². The van der Waals surface area contributed by atoms with Gasteiger partial charge >= 0.3 is 268 Å². The van der Waals surface area contributed by atoms with E-state index in [1.54, 1.807) is 97.1 Å². The van der Waals surface area contributed by atoms with E-state index in [0.717, 1.165) is 24.3 Å². The third-order valence-corrected chi connectivity index (χ3v) is 10.9. The summed E-state index contributed by atoms with van der Waals surface area (Å²) < 4.78 is 21.9. The molecule has 0 fully saturated rings. The summed E-state index contributed by atoms with van der Waals surface area (Å²) in [5.74, 6) is -4.19. The predicted molar refractivity (Wildman–Crippen MR) is 172 cm³/mol. The second-order valence-corrected chi connectivity index (χ2v) is 14.3. The Morgan fingerprint density at radius 3 is 0.756 bits per heavy atom. The van der Waals surface area contributed by atoms with E-state index in [4.69, 9.17) is 12.3 Å². The molecule has 0 saturated heterocycles. The Labute approximate surface area is 266 Å². The van der Waals surface area contributed by atoms with Crippen LogP contribution >= 0.6 is 0 Å². The van der Waals surface area contributed by atoms with Gasteiger partial charge in [-0.05, 0) is 0 Å². The number of carbonyl (C=O) groups is 4. The van der Waals surface area contributed by atoms with Crippen molar-refractivity contribution >= 4 is 68.2 Å². The second-order valence-electron chi connectivity index (χ2n) is 9.16. The number of hydrogen-bond acceptors (Lipinski definition) is 8. The molecule has 45 heavy (non-hydrogen) atoms. The Morgan fingerprint density at radius 1 is 0.356 bits per heavy atom. The summed E-state index contributed by atoms with van der Waals surface area (Å²) in [4.78, 5) is 52.1. The number of rotatable bonds is 12. The first-order valence-corrected chi connectivity index (χ1v) is 18.4. The summed E-state index contributed by atoms with van der Waals surface area (Å²) in [6.45, 7) is 0. The molecule has 0 spiro atoms. The van der Waals surface area contributed by atoms with Crippen molar-refractivity contribution in [2.24, 2.45) is 0 Å². The molecular formula is C36H28O8Sn. The van der Waals surface area contributed by atoms with Crippen LogP contribution in [0.25, 0.3) is 24.3 Å². The van der Waals surface area contributed by atoms with E-state index in [9.17, 15) is 19.2 Å². The summed E-state index contributed by atoms with van der Waals surface area (Å²) in [5, 5.41) is 0. The van der Waals surface area contributed by atoms with Gasteiger partial charge in [-0.2, -0.15) is 0 Å². The molecule has 0 heterocycles. The standard InChI is InChI=1S/4C9H8O2.Sn/c4*10-9(11)7-6-8-4-2-1-3-5-8;/h4*1-7H,(H,10,11);/q;;;;+4/p-4. The fraction of sp³-hybridized carbons (Fsp3) is 0. The molecular weight excluding hydrogens is 679 g/mol. The van der Waals surface area contributed by atoms with Gasteiger partial charge in [0.25, 0.3) is 0 Å². The van der Waals surface area contributed by atoms with Gasteiger partial charge in [-0.3, -0.25) is 0 Å². The van der Waals surface area contributed by atoms with Gasteiger partial charge in [0.05, 0.1) is 0 Å². The molecule has 0 unspecified atom stereocenters. The molecule has 4 rings (SSSR count). The molecule has 0 aromatic heterocycles. The maximum atomic E-state index is 13.0. The molecule has 0 radical (unpaired) electrons. The molecule has 4 aromatic carbocycles. The van der Waals surface area contributed by atoms with Gasteiger partial charge in [-0.1, -0.05) is 0 Å². The Kier molecular flexibility index (Phi) is 12.2. The van der Waals surface area contributed by atoms with Gasteiger partial charge in [-0.25, -0.2) is 0 Å². The van der Waals surface area contributed by atoms with Crippen LogP contribution < -0.4 is 0 Å². The van der Waals surface area contributed by atoms with E-state index >= 15 is 0 Å². The molecule has 0 aliphatic heterocycles. The molecule has 0 N–H and O–H groups in total. The molecule has 0 saturated carbocycles. The van der Waals surface area contributed by atoms with Crippen LogP contribution in [0.15, 0.2) is 146 Å². The Bertz CT molecular complexity index is 1440. The summed E-state index contributed by atoms with van der Waals surface area (Å²) in [6.07, 6.45) is 10.0.